The van der Waals surface area contributed by atoms with Crippen LogP contribution in [0.5, 0.6) is 5.75 Å². The molecule has 0 radical (unpaired) electrons. The molecule has 0 saturated carbocycles. The second-order valence-corrected chi connectivity index (χ2v) is 6.31. The van der Waals surface area contributed by atoms with Crippen molar-refractivity contribution in [3.63, 3.8) is 0 Å². The van der Waals surface area contributed by atoms with Crippen molar-refractivity contribution in [2.24, 2.45) is 0 Å². The summed E-state index contributed by atoms with van der Waals surface area (Å²) in [5, 5.41) is 11.7. The van der Waals surface area contributed by atoms with E-state index < -0.39 is 29.7 Å². The van der Waals surface area contributed by atoms with Crippen molar-refractivity contribution < 1.29 is 32.6 Å². The molecular formula is C22H16F3NO4. The van der Waals surface area contributed by atoms with Crippen molar-refractivity contribution in [3.8, 4) is 5.75 Å². The number of nitrogens with one attached hydrogen (secondary N) is 1. The first-order chi connectivity index (χ1) is 14.2. The maximum absolute atomic E-state index is 12.9. The predicted molar refractivity (Wildman–Crippen MR) is 103 cm³/mol. The van der Waals surface area contributed by atoms with Crippen LogP contribution in [0.3, 0.4) is 0 Å². The van der Waals surface area contributed by atoms with Gasteiger partial charge in [-0.25, -0.2) is 4.79 Å². The van der Waals surface area contributed by atoms with Crippen LogP contribution < -0.4 is 5.32 Å². The molecule has 3 rings (SSSR count). The zero-order valence-electron chi connectivity index (χ0n) is 15.4. The SMILES string of the molecule is O=C(O[C@@H](C(=O)Nc1cccc(C(F)(F)F)c1)c1ccccc1)c1ccc(O)cc1. The fourth-order valence-corrected chi connectivity index (χ4v) is 2.65. The highest BCUT2D eigenvalue weighted by Gasteiger charge is 2.31. The number of hydrogen-bond acceptors (Lipinski definition) is 4. The minimum absolute atomic E-state index is 0.0477. The number of carbonyl (C=O) groups excluding carboxylic acids is 2. The average molecular weight is 415 g/mol. The summed E-state index contributed by atoms with van der Waals surface area (Å²) in [4.78, 5) is 25.2. The lowest BCUT2D eigenvalue weighted by molar-refractivity contribution is -0.137. The van der Waals surface area contributed by atoms with Gasteiger partial charge in [-0.2, -0.15) is 13.2 Å². The van der Waals surface area contributed by atoms with Crippen LogP contribution in [0.2, 0.25) is 0 Å². The van der Waals surface area contributed by atoms with Crippen LogP contribution in [0.1, 0.15) is 27.6 Å². The molecule has 0 heterocycles. The van der Waals surface area contributed by atoms with Gasteiger partial charge >= 0.3 is 12.1 Å². The van der Waals surface area contributed by atoms with Gasteiger partial charge in [0.1, 0.15) is 5.75 Å². The molecule has 3 aromatic carbocycles. The average Bonchev–Trinajstić information content (AvgIpc) is 2.72. The molecule has 0 saturated heterocycles. The van der Waals surface area contributed by atoms with E-state index in [-0.39, 0.29) is 17.0 Å². The molecule has 0 unspecified atom stereocenters. The Kier molecular flexibility index (Phi) is 6.06. The van der Waals surface area contributed by atoms with Gasteiger partial charge in [-0.1, -0.05) is 36.4 Å². The van der Waals surface area contributed by atoms with E-state index in [9.17, 15) is 27.9 Å². The molecule has 3 aromatic rings. The van der Waals surface area contributed by atoms with Crippen LogP contribution in [-0.2, 0) is 15.7 Å². The predicted octanol–water partition coefficient (Wildman–Crippen LogP) is 4.95. The zero-order chi connectivity index (χ0) is 21.7. The highest BCUT2D eigenvalue weighted by Crippen LogP contribution is 2.31. The van der Waals surface area contributed by atoms with Crippen molar-refractivity contribution >= 4 is 17.6 Å². The van der Waals surface area contributed by atoms with Crippen molar-refractivity contribution in [1.29, 1.82) is 0 Å². The van der Waals surface area contributed by atoms with Crippen molar-refractivity contribution in [2.75, 3.05) is 5.32 Å². The number of amides is 1. The number of anilines is 1. The maximum Gasteiger partial charge on any atom is 0.416 e. The van der Waals surface area contributed by atoms with Gasteiger partial charge in [-0.3, -0.25) is 4.79 Å². The van der Waals surface area contributed by atoms with Gasteiger partial charge in [0.2, 0.25) is 6.10 Å². The lowest BCUT2D eigenvalue weighted by Gasteiger charge is -2.18. The fraction of sp³-hybridized carbons (Fsp3) is 0.0909. The van der Waals surface area contributed by atoms with Gasteiger partial charge in [0.15, 0.2) is 0 Å². The van der Waals surface area contributed by atoms with E-state index in [2.05, 4.69) is 5.32 Å². The third-order valence-electron chi connectivity index (χ3n) is 4.13. The number of esters is 1. The number of alkyl halides is 3. The summed E-state index contributed by atoms with van der Waals surface area (Å²) in [6.45, 7) is 0. The number of benzene rings is 3. The van der Waals surface area contributed by atoms with Gasteiger partial charge in [0.25, 0.3) is 5.91 Å². The van der Waals surface area contributed by atoms with Gasteiger partial charge < -0.3 is 15.2 Å². The smallest absolute Gasteiger partial charge is 0.416 e. The van der Waals surface area contributed by atoms with E-state index in [1.165, 1.54) is 36.4 Å². The van der Waals surface area contributed by atoms with Gasteiger partial charge in [-0.05, 0) is 42.5 Å². The molecule has 1 amide bonds. The Morgan fingerprint density at radius 1 is 0.900 bits per heavy atom. The molecule has 0 aliphatic rings. The second kappa shape index (κ2) is 8.69. The van der Waals surface area contributed by atoms with E-state index in [1.54, 1.807) is 30.3 Å². The minimum atomic E-state index is -4.56. The lowest BCUT2D eigenvalue weighted by Crippen LogP contribution is -2.26. The molecule has 5 nitrogen and oxygen atoms in total. The molecule has 2 N–H and O–H groups in total. The van der Waals surface area contributed by atoms with Gasteiger partial charge in [0.05, 0.1) is 11.1 Å². The first-order valence-electron chi connectivity index (χ1n) is 8.77. The molecular weight excluding hydrogens is 399 g/mol. The quantitative estimate of drug-likeness (QED) is 0.579. The third kappa shape index (κ3) is 5.16. The highest BCUT2D eigenvalue weighted by atomic mass is 19.4. The summed E-state index contributed by atoms with van der Waals surface area (Å²) in [5.41, 5.74) is -0.566. The molecule has 0 aromatic heterocycles. The molecule has 0 bridgehead atoms. The van der Waals surface area contributed by atoms with Crippen LogP contribution in [0.4, 0.5) is 18.9 Å². The normalized spacial score (nSPS) is 12.1. The Labute approximate surface area is 169 Å². The molecule has 154 valence electrons. The number of ether oxygens (including phenoxy) is 1. The van der Waals surface area contributed by atoms with E-state index in [0.717, 1.165) is 12.1 Å². The molecule has 1 atom stereocenters. The van der Waals surface area contributed by atoms with E-state index in [4.69, 9.17) is 4.74 Å². The first-order valence-corrected chi connectivity index (χ1v) is 8.77. The Balaban J connectivity index is 1.85. The third-order valence-corrected chi connectivity index (χ3v) is 4.13. The van der Waals surface area contributed by atoms with E-state index >= 15 is 0 Å². The summed E-state index contributed by atoms with van der Waals surface area (Å²) in [6, 6.07) is 17.4. The number of hydrogen-bond donors (Lipinski definition) is 2. The number of phenols is 1. The highest BCUT2D eigenvalue weighted by molar-refractivity contribution is 5.98. The summed E-state index contributed by atoms with van der Waals surface area (Å²) in [7, 11) is 0. The summed E-state index contributed by atoms with van der Waals surface area (Å²) < 4.78 is 44.1. The first kappa shape index (κ1) is 20.9. The van der Waals surface area contributed by atoms with Gasteiger partial charge in [-0.15, -0.1) is 0 Å². The standard InChI is InChI=1S/C22H16F3NO4/c23-22(24,25)16-7-4-8-17(13-16)26-20(28)19(14-5-2-1-3-6-14)30-21(29)15-9-11-18(27)12-10-15/h1-13,19,27H,(H,26,28)/t19-/m1/s1. The Hall–Kier alpha value is -3.81. The van der Waals surface area contributed by atoms with Crippen molar-refractivity contribution in [1.82, 2.24) is 0 Å². The fourth-order valence-electron chi connectivity index (χ4n) is 2.65. The zero-order valence-corrected chi connectivity index (χ0v) is 15.4. The Morgan fingerprint density at radius 3 is 2.20 bits per heavy atom. The Bertz CT molecular complexity index is 1030. The van der Waals surface area contributed by atoms with E-state index in [1.807, 2.05) is 0 Å². The van der Waals surface area contributed by atoms with Crippen LogP contribution in [0.25, 0.3) is 0 Å². The number of rotatable bonds is 5. The molecule has 0 spiro atoms. The summed E-state index contributed by atoms with van der Waals surface area (Å²) in [6.07, 6.45) is -5.97. The molecule has 30 heavy (non-hydrogen) atoms. The second-order valence-electron chi connectivity index (χ2n) is 6.31. The lowest BCUT2D eigenvalue weighted by atomic mass is 10.1. The molecule has 8 heteroatoms. The van der Waals surface area contributed by atoms with Crippen molar-refractivity contribution in [2.45, 2.75) is 12.3 Å². The monoisotopic (exact) mass is 415 g/mol. The van der Waals surface area contributed by atoms with Crippen LogP contribution >= 0.6 is 0 Å². The number of phenolic OH excluding ortho intramolecular Hbond substituents is 1. The topological polar surface area (TPSA) is 75.6 Å². The number of aromatic hydroxyl groups is 1. The summed E-state index contributed by atoms with van der Waals surface area (Å²) in [5.74, 6) is -1.69. The summed E-state index contributed by atoms with van der Waals surface area (Å²) >= 11 is 0. The van der Waals surface area contributed by atoms with Crippen LogP contribution in [0, 0.1) is 0 Å². The van der Waals surface area contributed by atoms with Crippen LogP contribution in [0.15, 0.2) is 78.9 Å². The Morgan fingerprint density at radius 2 is 1.57 bits per heavy atom. The van der Waals surface area contributed by atoms with Crippen LogP contribution in [-0.4, -0.2) is 17.0 Å². The largest absolute Gasteiger partial charge is 0.508 e. The maximum atomic E-state index is 12.9. The molecule has 0 aliphatic carbocycles. The molecule has 0 aliphatic heterocycles. The van der Waals surface area contributed by atoms with Crippen molar-refractivity contribution in [3.05, 3.63) is 95.6 Å². The number of carbonyl (C=O) groups is 2. The number of halogens is 3. The van der Waals surface area contributed by atoms with E-state index in [0.29, 0.717) is 5.56 Å². The molecule has 0 fully saturated rings. The minimum Gasteiger partial charge on any atom is -0.508 e. The van der Waals surface area contributed by atoms with Gasteiger partial charge in [0, 0.05) is 11.3 Å².